The number of hydrogen-bond donors (Lipinski definition) is 2. The summed E-state index contributed by atoms with van der Waals surface area (Å²) in [5.74, 6) is 0.126. The van der Waals surface area contributed by atoms with Crippen LogP contribution in [0.3, 0.4) is 0 Å². The Balaban J connectivity index is 2.62. The maximum atomic E-state index is 11.9. The average molecular weight is 254 g/mol. The van der Waals surface area contributed by atoms with Gasteiger partial charge >= 0.3 is 0 Å². The molecule has 0 radical (unpaired) electrons. The lowest BCUT2D eigenvalue weighted by Gasteiger charge is -2.46. The number of carbonyl (C=O) groups excluding carboxylic acids is 1. The number of rotatable bonds is 2. The fraction of sp³-hybridized carbons (Fsp3) is 0.933. The predicted octanol–water partition coefficient (Wildman–Crippen LogP) is 2.69. The molecular formula is C15H30N2O. The Hall–Kier alpha value is -0.570. The van der Waals surface area contributed by atoms with Crippen molar-refractivity contribution < 1.29 is 4.79 Å². The number of hydrogen-bond acceptors (Lipinski definition) is 2. The first-order chi connectivity index (χ1) is 7.94. The predicted molar refractivity (Wildman–Crippen MR) is 76.2 cm³/mol. The summed E-state index contributed by atoms with van der Waals surface area (Å²) in [5.41, 5.74) is 6.25. The Morgan fingerprint density at radius 2 is 1.83 bits per heavy atom. The molecule has 1 aliphatic carbocycles. The molecule has 0 aromatic carbocycles. The molecule has 0 bridgehead atoms. The highest BCUT2D eigenvalue weighted by atomic mass is 16.2. The molecule has 3 heteroatoms. The van der Waals surface area contributed by atoms with Crippen molar-refractivity contribution in [3.63, 3.8) is 0 Å². The number of nitrogens with one attached hydrogen (secondary N) is 1. The monoisotopic (exact) mass is 254 g/mol. The second kappa shape index (κ2) is 4.84. The molecule has 1 rings (SSSR count). The first kappa shape index (κ1) is 15.5. The Morgan fingerprint density at radius 1 is 1.28 bits per heavy atom. The van der Waals surface area contributed by atoms with Gasteiger partial charge in [0, 0.05) is 18.0 Å². The third kappa shape index (κ3) is 4.27. The van der Waals surface area contributed by atoms with Crippen molar-refractivity contribution in [2.75, 3.05) is 6.54 Å². The quantitative estimate of drug-likeness (QED) is 0.796. The lowest BCUT2D eigenvalue weighted by atomic mass is 9.63. The van der Waals surface area contributed by atoms with Crippen LogP contribution in [-0.2, 0) is 4.79 Å². The third-order valence-electron chi connectivity index (χ3n) is 3.83. The van der Waals surface area contributed by atoms with Crippen molar-refractivity contribution in [2.24, 2.45) is 22.0 Å². The van der Waals surface area contributed by atoms with Gasteiger partial charge in [-0.2, -0.15) is 0 Å². The van der Waals surface area contributed by atoms with E-state index in [1.807, 2.05) is 20.8 Å². The summed E-state index contributed by atoms with van der Waals surface area (Å²) in [6.45, 7) is 13.4. The van der Waals surface area contributed by atoms with Crippen LogP contribution in [0.1, 0.15) is 60.8 Å². The Kier molecular flexibility index (Phi) is 4.16. The van der Waals surface area contributed by atoms with Crippen LogP contribution in [0.2, 0.25) is 0 Å². The van der Waals surface area contributed by atoms with Gasteiger partial charge in [0.25, 0.3) is 0 Å². The van der Waals surface area contributed by atoms with E-state index in [2.05, 4.69) is 26.1 Å². The molecule has 0 aromatic rings. The van der Waals surface area contributed by atoms with Crippen molar-refractivity contribution in [1.82, 2.24) is 5.32 Å². The van der Waals surface area contributed by atoms with Crippen molar-refractivity contribution in [3.05, 3.63) is 0 Å². The van der Waals surface area contributed by atoms with Crippen molar-refractivity contribution >= 4 is 5.91 Å². The number of nitrogens with two attached hydrogens (primary N) is 1. The summed E-state index contributed by atoms with van der Waals surface area (Å²) >= 11 is 0. The van der Waals surface area contributed by atoms with Gasteiger partial charge in [-0.15, -0.1) is 0 Å². The van der Waals surface area contributed by atoms with Crippen molar-refractivity contribution in [2.45, 2.75) is 66.8 Å². The number of carbonyl (C=O) groups is 1. The van der Waals surface area contributed by atoms with E-state index in [1.54, 1.807) is 0 Å². The summed E-state index contributed by atoms with van der Waals surface area (Å²) < 4.78 is 0. The Bertz CT molecular complexity index is 317. The van der Waals surface area contributed by atoms with Crippen molar-refractivity contribution in [3.8, 4) is 0 Å². The summed E-state index contributed by atoms with van der Waals surface area (Å²) in [6.07, 6.45) is 3.20. The van der Waals surface area contributed by atoms with E-state index in [0.29, 0.717) is 0 Å². The van der Waals surface area contributed by atoms with E-state index >= 15 is 0 Å². The molecule has 0 heterocycles. The minimum absolute atomic E-state index is 0.126. The van der Waals surface area contributed by atoms with Crippen LogP contribution < -0.4 is 11.1 Å². The molecule has 1 amide bonds. The molecule has 106 valence electrons. The molecule has 18 heavy (non-hydrogen) atoms. The van der Waals surface area contributed by atoms with Gasteiger partial charge in [-0.1, -0.05) is 41.5 Å². The largest absolute Gasteiger partial charge is 0.355 e. The molecule has 3 N–H and O–H groups in total. The SMILES string of the molecule is CC1(C)CC(N)CC(C)(CNC(=O)C(C)(C)C)C1. The van der Waals surface area contributed by atoms with Crippen LogP contribution in [0, 0.1) is 16.2 Å². The lowest BCUT2D eigenvalue weighted by molar-refractivity contribution is -0.129. The Morgan fingerprint density at radius 3 is 2.28 bits per heavy atom. The molecular weight excluding hydrogens is 224 g/mol. The van der Waals surface area contributed by atoms with E-state index in [9.17, 15) is 4.79 Å². The molecule has 1 aliphatic rings. The molecule has 0 aromatic heterocycles. The first-order valence-electron chi connectivity index (χ1n) is 6.98. The van der Waals surface area contributed by atoms with Crippen LogP contribution >= 0.6 is 0 Å². The van der Waals surface area contributed by atoms with Crippen LogP contribution in [0.15, 0.2) is 0 Å². The second-order valence-corrected chi connectivity index (χ2v) is 8.25. The fourth-order valence-corrected chi connectivity index (χ4v) is 3.41. The van der Waals surface area contributed by atoms with Gasteiger partial charge in [0.15, 0.2) is 0 Å². The van der Waals surface area contributed by atoms with Gasteiger partial charge in [0.05, 0.1) is 0 Å². The zero-order valence-corrected chi connectivity index (χ0v) is 12.9. The van der Waals surface area contributed by atoms with Gasteiger partial charge in [0.1, 0.15) is 0 Å². The van der Waals surface area contributed by atoms with Crippen LogP contribution in [0.25, 0.3) is 0 Å². The van der Waals surface area contributed by atoms with E-state index in [0.717, 1.165) is 25.8 Å². The van der Waals surface area contributed by atoms with Crippen molar-refractivity contribution in [1.29, 1.82) is 0 Å². The molecule has 1 fully saturated rings. The molecule has 1 saturated carbocycles. The zero-order valence-electron chi connectivity index (χ0n) is 12.9. The van der Waals surface area contributed by atoms with E-state index < -0.39 is 0 Å². The summed E-state index contributed by atoms with van der Waals surface area (Å²) in [7, 11) is 0. The summed E-state index contributed by atoms with van der Waals surface area (Å²) in [4.78, 5) is 11.9. The summed E-state index contributed by atoms with van der Waals surface area (Å²) in [6, 6.07) is 0.255. The van der Waals surface area contributed by atoms with Gasteiger partial charge in [-0.05, 0) is 30.1 Å². The van der Waals surface area contributed by atoms with Crippen LogP contribution in [0.5, 0.6) is 0 Å². The van der Waals surface area contributed by atoms with E-state index in [4.69, 9.17) is 5.73 Å². The Labute approximate surface area is 112 Å². The summed E-state index contributed by atoms with van der Waals surface area (Å²) in [5, 5.41) is 3.10. The van der Waals surface area contributed by atoms with Gasteiger partial charge in [-0.25, -0.2) is 0 Å². The third-order valence-corrected chi connectivity index (χ3v) is 3.83. The van der Waals surface area contributed by atoms with Gasteiger partial charge < -0.3 is 11.1 Å². The maximum absolute atomic E-state index is 11.9. The van der Waals surface area contributed by atoms with Crippen LogP contribution in [-0.4, -0.2) is 18.5 Å². The molecule has 0 spiro atoms. The highest BCUT2D eigenvalue weighted by Gasteiger charge is 2.40. The normalized spacial score (nSPS) is 32.1. The topological polar surface area (TPSA) is 55.1 Å². The second-order valence-electron chi connectivity index (χ2n) is 8.25. The molecule has 3 nitrogen and oxygen atoms in total. The molecule has 0 aliphatic heterocycles. The standard InChI is InChI=1S/C15H30N2O/c1-13(2,3)12(18)17-10-15(6)8-11(16)7-14(4,5)9-15/h11H,7-10,16H2,1-6H3,(H,17,18). The van der Waals surface area contributed by atoms with Crippen LogP contribution in [0.4, 0.5) is 0 Å². The lowest BCUT2D eigenvalue weighted by Crippen LogP contribution is -2.49. The first-order valence-corrected chi connectivity index (χ1v) is 6.98. The molecule has 0 saturated heterocycles. The zero-order chi connectivity index (χ0) is 14.2. The molecule has 2 unspecified atom stereocenters. The smallest absolute Gasteiger partial charge is 0.225 e. The molecule has 2 atom stereocenters. The highest BCUT2D eigenvalue weighted by molar-refractivity contribution is 5.81. The maximum Gasteiger partial charge on any atom is 0.225 e. The van der Waals surface area contributed by atoms with Gasteiger partial charge in [-0.3, -0.25) is 4.79 Å². The average Bonchev–Trinajstić information content (AvgIpc) is 2.08. The van der Waals surface area contributed by atoms with E-state index in [-0.39, 0.29) is 28.2 Å². The fourth-order valence-electron chi connectivity index (χ4n) is 3.41. The van der Waals surface area contributed by atoms with E-state index in [1.165, 1.54) is 0 Å². The highest BCUT2D eigenvalue weighted by Crippen LogP contribution is 2.45. The van der Waals surface area contributed by atoms with Gasteiger partial charge in [0.2, 0.25) is 5.91 Å². The number of amides is 1. The minimum Gasteiger partial charge on any atom is -0.355 e. The minimum atomic E-state index is -0.317.